The van der Waals surface area contributed by atoms with Crippen LogP contribution < -0.4 is 4.74 Å². The Morgan fingerprint density at radius 3 is 2.68 bits per heavy atom. The third-order valence-electron chi connectivity index (χ3n) is 3.84. The lowest BCUT2D eigenvalue weighted by Gasteiger charge is -2.18. The van der Waals surface area contributed by atoms with Crippen LogP contribution in [0, 0.1) is 5.82 Å². The highest BCUT2D eigenvalue weighted by Gasteiger charge is 2.15. The van der Waals surface area contributed by atoms with Crippen molar-refractivity contribution in [2.45, 2.75) is 6.10 Å². The number of benzene rings is 3. The fraction of sp³-hybridized carbons (Fsp3) is 0.150. The highest BCUT2D eigenvalue weighted by molar-refractivity contribution is 6.05. The van der Waals surface area contributed by atoms with Crippen LogP contribution in [0.4, 0.5) is 4.39 Å². The van der Waals surface area contributed by atoms with Crippen LogP contribution in [0.15, 0.2) is 61.2 Å². The van der Waals surface area contributed by atoms with Gasteiger partial charge in [0.15, 0.2) is 6.10 Å². The van der Waals surface area contributed by atoms with E-state index in [-0.39, 0.29) is 19.0 Å². The van der Waals surface area contributed by atoms with Crippen molar-refractivity contribution in [1.29, 1.82) is 0 Å². The van der Waals surface area contributed by atoms with Crippen molar-refractivity contribution in [1.82, 2.24) is 0 Å². The number of fused-ring (bicyclic) bond motifs is 2. The van der Waals surface area contributed by atoms with Crippen LogP contribution in [-0.4, -0.2) is 30.4 Å². The predicted octanol–water partition coefficient (Wildman–Crippen LogP) is 3.60. The number of aliphatic hydroxyl groups excluding tert-OH is 1. The summed E-state index contributed by atoms with van der Waals surface area (Å²) in [6.45, 7) is 2.91. The highest BCUT2D eigenvalue weighted by atomic mass is 19.1. The standard InChI is InChI=1S/C20H17FO4/c1-2-19(23)25-16(11-22)12-24-20-17-6-4-3-5-13(17)9-14-10-15(21)7-8-18(14)20/h2-10,16,22H,1,11-12H2. The molecule has 1 atom stereocenters. The van der Waals surface area contributed by atoms with Gasteiger partial charge in [0, 0.05) is 16.8 Å². The van der Waals surface area contributed by atoms with E-state index in [1.54, 1.807) is 6.07 Å². The molecular formula is C20H17FO4. The summed E-state index contributed by atoms with van der Waals surface area (Å²) in [5.74, 6) is -0.407. The first kappa shape index (κ1) is 16.9. The molecule has 0 heterocycles. The monoisotopic (exact) mass is 340 g/mol. The molecule has 0 saturated heterocycles. The van der Waals surface area contributed by atoms with E-state index in [2.05, 4.69) is 6.58 Å². The van der Waals surface area contributed by atoms with Crippen LogP contribution in [0.25, 0.3) is 21.5 Å². The molecule has 0 aliphatic carbocycles. The largest absolute Gasteiger partial charge is 0.488 e. The Bertz CT molecular complexity index is 936. The molecule has 3 aromatic carbocycles. The van der Waals surface area contributed by atoms with Gasteiger partial charge in [0.1, 0.15) is 18.2 Å². The van der Waals surface area contributed by atoms with Gasteiger partial charge >= 0.3 is 5.97 Å². The zero-order valence-corrected chi connectivity index (χ0v) is 13.4. The van der Waals surface area contributed by atoms with Crippen molar-refractivity contribution in [3.05, 3.63) is 67.0 Å². The highest BCUT2D eigenvalue weighted by Crippen LogP contribution is 2.35. The Morgan fingerprint density at radius 2 is 1.92 bits per heavy atom. The maximum Gasteiger partial charge on any atom is 0.330 e. The van der Waals surface area contributed by atoms with Crippen LogP contribution >= 0.6 is 0 Å². The first-order chi connectivity index (χ1) is 12.1. The van der Waals surface area contributed by atoms with Gasteiger partial charge in [0.25, 0.3) is 0 Å². The van der Waals surface area contributed by atoms with Crippen LogP contribution in [0.1, 0.15) is 0 Å². The molecule has 0 bridgehead atoms. The second kappa shape index (κ2) is 7.32. The topological polar surface area (TPSA) is 55.8 Å². The lowest BCUT2D eigenvalue weighted by Crippen LogP contribution is -2.27. The fourth-order valence-electron chi connectivity index (χ4n) is 2.67. The fourth-order valence-corrected chi connectivity index (χ4v) is 2.67. The van der Waals surface area contributed by atoms with Gasteiger partial charge in [-0.25, -0.2) is 9.18 Å². The third-order valence-corrected chi connectivity index (χ3v) is 3.84. The minimum atomic E-state index is -0.819. The number of esters is 1. The third kappa shape index (κ3) is 3.61. The Kier molecular flexibility index (Phi) is 4.95. The molecular weight excluding hydrogens is 323 g/mol. The summed E-state index contributed by atoms with van der Waals surface area (Å²) >= 11 is 0. The van der Waals surface area contributed by atoms with Gasteiger partial charge in [0.05, 0.1) is 6.61 Å². The zero-order chi connectivity index (χ0) is 17.8. The molecule has 0 spiro atoms. The summed E-state index contributed by atoms with van der Waals surface area (Å²) in [6.07, 6.45) is 0.207. The number of hydrogen-bond acceptors (Lipinski definition) is 4. The van der Waals surface area contributed by atoms with Gasteiger partial charge in [-0.3, -0.25) is 0 Å². The average molecular weight is 340 g/mol. The first-order valence-electron chi connectivity index (χ1n) is 7.80. The van der Waals surface area contributed by atoms with Gasteiger partial charge in [-0.2, -0.15) is 0 Å². The van der Waals surface area contributed by atoms with Gasteiger partial charge in [-0.15, -0.1) is 0 Å². The number of ether oxygens (including phenoxy) is 2. The van der Waals surface area contributed by atoms with Crippen LogP contribution in [0.2, 0.25) is 0 Å². The van der Waals surface area contributed by atoms with Crippen molar-refractivity contribution in [3.8, 4) is 5.75 Å². The SMILES string of the molecule is C=CC(=O)OC(CO)COc1c2ccccc2cc2cc(F)ccc12. The Morgan fingerprint density at radius 1 is 1.16 bits per heavy atom. The van der Waals surface area contributed by atoms with Gasteiger partial charge < -0.3 is 14.6 Å². The summed E-state index contributed by atoms with van der Waals surface area (Å²) in [5.41, 5.74) is 0. The van der Waals surface area contributed by atoms with Crippen molar-refractivity contribution >= 4 is 27.5 Å². The Labute approximate surface area is 144 Å². The maximum absolute atomic E-state index is 13.6. The maximum atomic E-state index is 13.6. The number of carbonyl (C=O) groups is 1. The normalized spacial score (nSPS) is 12.1. The molecule has 0 saturated carbocycles. The predicted molar refractivity (Wildman–Crippen MR) is 94.1 cm³/mol. The van der Waals surface area contributed by atoms with E-state index in [0.29, 0.717) is 11.1 Å². The quantitative estimate of drug-likeness (QED) is 0.423. The van der Waals surface area contributed by atoms with E-state index in [0.717, 1.165) is 22.2 Å². The van der Waals surface area contributed by atoms with E-state index in [4.69, 9.17) is 9.47 Å². The lowest BCUT2D eigenvalue weighted by atomic mass is 10.0. The molecule has 0 aliphatic heterocycles. The Balaban J connectivity index is 2.00. The summed E-state index contributed by atoms with van der Waals surface area (Å²) < 4.78 is 24.5. The number of hydrogen-bond donors (Lipinski definition) is 1. The number of aliphatic hydroxyl groups is 1. The summed E-state index contributed by atoms with van der Waals surface area (Å²) in [6, 6.07) is 13.9. The van der Waals surface area contributed by atoms with E-state index in [1.807, 2.05) is 30.3 Å². The molecule has 5 heteroatoms. The molecule has 0 aliphatic rings. The first-order valence-corrected chi connectivity index (χ1v) is 7.80. The lowest BCUT2D eigenvalue weighted by molar-refractivity contribution is -0.146. The van der Waals surface area contributed by atoms with Crippen molar-refractivity contribution in [3.63, 3.8) is 0 Å². The molecule has 1 unspecified atom stereocenters. The van der Waals surface area contributed by atoms with Gasteiger partial charge in [0.2, 0.25) is 0 Å². The zero-order valence-electron chi connectivity index (χ0n) is 13.4. The van der Waals surface area contributed by atoms with Crippen LogP contribution in [-0.2, 0) is 9.53 Å². The number of carbonyl (C=O) groups excluding carboxylic acids is 1. The summed E-state index contributed by atoms with van der Waals surface area (Å²) in [5, 5.41) is 12.6. The number of halogens is 1. The molecule has 25 heavy (non-hydrogen) atoms. The second-order valence-electron chi connectivity index (χ2n) is 5.55. The summed E-state index contributed by atoms with van der Waals surface area (Å²) in [7, 11) is 0. The molecule has 0 radical (unpaired) electrons. The molecule has 0 fully saturated rings. The second-order valence-corrected chi connectivity index (χ2v) is 5.55. The molecule has 3 rings (SSSR count). The molecule has 1 N–H and O–H groups in total. The Hall–Kier alpha value is -2.92. The average Bonchev–Trinajstić information content (AvgIpc) is 2.63. The van der Waals surface area contributed by atoms with E-state index >= 15 is 0 Å². The molecule has 3 aromatic rings. The van der Waals surface area contributed by atoms with Crippen molar-refractivity contribution in [2.24, 2.45) is 0 Å². The smallest absolute Gasteiger partial charge is 0.330 e. The van der Waals surface area contributed by atoms with Crippen molar-refractivity contribution < 1.29 is 23.8 Å². The van der Waals surface area contributed by atoms with Gasteiger partial charge in [-0.05, 0) is 35.0 Å². The molecule has 0 aromatic heterocycles. The van der Waals surface area contributed by atoms with E-state index in [1.165, 1.54) is 12.1 Å². The van der Waals surface area contributed by atoms with Crippen LogP contribution in [0.5, 0.6) is 5.75 Å². The van der Waals surface area contributed by atoms with E-state index in [9.17, 15) is 14.3 Å². The molecule has 128 valence electrons. The summed E-state index contributed by atoms with van der Waals surface area (Å²) in [4.78, 5) is 11.3. The minimum Gasteiger partial charge on any atom is -0.488 e. The number of rotatable bonds is 6. The van der Waals surface area contributed by atoms with Crippen molar-refractivity contribution in [2.75, 3.05) is 13.2 Å². The van der Waals surface area contributed by atoms with Crippen LogP contribution in [0.3, 0.4) is 0 Å². The molecule has 4 nitrogen and oxygen atoms in total. The minimum absolute atomic E-state index is 0.0312. The van der Waals surface area contributed by atoms with Gasteiger partial charge in [-0.1, -0.05) is 30.8 Å². The van der Waals surface area contributed by atoms with E-state index < -0.39 is 12.1 Å². The molecule has 0 amide bonds.